The molecular weight excluding hydrogens is 357 g/mol. The van der Waals surface area contributed by atoms with Crippen LogP contribution >= 0.6 is 0 Å². The molecule has 140 valence electrons. The van der Waals surface area contributed by atoms with Crippen molar-refractivity contribution >= 4 is 23.0 Å². The number of rotatable bonds is 4. The Labute approximate surface area is 153 Å². The second-order valence-electron chi connectivity index (χ2n) is 6.30. The van der Waals surface area contributed by atoms with E-state index < -0.39 is 10.8 Å². The minimum atomic E-state index is -0.604. The largest absolute Gasteiger partial charge is 0.454 e. The number of halogens is 1. The van der Waals surface area contributed by atoms with Crippen molar-refractivity contribution in [3.63, 3.8) is 0 Å². The van der Waals surface area contributed by atoms with E-state index in [1.807, 2.05) is 6.07 Å². The van der Waals surface area contributed by atoms with Gasteiger partial charge in [-0.1, -0.05) is 12.1 Å². The predicted octanol–water partition coefficient (Wildman–Crippen LogP) is 2.85. The predicted molar refractivity (Wildman–Crippen MR) is 94.8 cm³/mol. The Hall–Kier alpha value is -3.36. The van der Waals surface area contributed by atoms with Crippen LogP contribution in [-0.2, 0) is 11.2 Å². The lowest BCUT2D eigenvalue weighted by Gasteiger charge is -2.31. The van der Waals surface area contributed by atoms with Crippen LogP contribution in [0.2, 0.25) is 0 Å². The number of anilines is 2. The third-order valence-corrected chi connectivity index (χ3v) is 4.56. The summed E-state index contributed by atoms with van der Waals surface area (Å²) in [6, 6.07) is 7.42. The van der Waals surface area contributed by atoms with Crippen LogP contribution in [0, 0.1) is 15.9 Å². The smallest absolute Gasteiger partial charge is 0.296 e. The number of para-hydroxylation sites is 1. The molecule has 27 heavy (non-hydrogen) atoms. The van der Waals surface area contributed by atoms with Gasteiger partial charge < -0.3 is 19.7 Å². The molecule has 9 heteroatoms. The Morgan fingerprint density at radius 2 is 2.07 bits per heavy atom. The van der Waals surface area contributed by atoms with Crippen molar-refractivity contribution in [2.75, 3.05) is 30.1 Å². The summed E-state index contributed by atoms with van der Waals surface area (Å²) in [6.07, 6.45) is 1.55. The lowest BCUT2D eigenvalue weighted by Crippen LogP contribution is -2.37. The summed E-state index contributed by atoms with van der Waals surface area (Å²) in [5.74, 6) is -0.279. The fraction of sp³-hybridized carbons (Fsp3) is 0.278. The molecule has 0 bridgehead atoms. The number of benzene rings is 2. The molecule has 0 unspecified atom stereocenters. The first-order valence-electron chi connectivity index (χ1n) is 8.43. The third-order valence-electron chi connectivity index (χ3n) is 4.56. The quantitative estimate of drug-likeness (QED) is 0.654. The third kappa shape index (κ3) is 3.23. The van der Waals surface area contributed by atoms with E-state index in [-0.39, 0.29) is 36.3 Å². The van der Waals surface area contributed by atoms with Crippen LogP contribution < -0.4 is 19.7 Å². The van der Waals surface area contributed by atoms with Crippen LogP contribution in [0.15, 0.2) is 30.3 Å². The Kier molecular flexibility index (Phi) is 4.27. The maximum Gasteiger partial charge on any atom is 0.296 e. The summed E-state index contributed by atoms with van der Waals surface area (Å²) in [5, 5.41) is 13.8. The number of nitro groups is 1. The van der Waals surface area contributed by atoms with Crippen molar-refractivity contribution in [1.82, 2.24) is 0 Å². The topological polar surface area (TPSA) is 93.9 Å². The Balaban J connectivity index is 1.56. The number of carbonyl (C=O) groups is 1. The summed E-state index contributed by atoms with van der Waals surface area (Å²) in [5.41, 5.74) is 0.986. The molecule has 2 aromatic carbocycles. The van der Waals surface area contributed by atoms with Gasteiger partial charge in [0.05, 0.1) is 23.2 Å². The molecule has 0 aromatic heterocycles. The van der Waals surface area contributed by atoms with Crippen molar-refractivity contribution in [2.24, 2.45) is 0 Å². The molecule has 0 radical (unpaired) electrons. The van der Waals surface area contributed by atoms with Crippen molar-refractivity contribution in [2.45, 2.75) is 12.8 Å². The Morgan fingerprint density at radius 3 is 2.85 bits per heavy atom. The van der Waals surface area contributed by atoms with Gasteiger partial charge in [0.1, 0.15) is 11.5 Å². The van der Waals surface area contributed by atoms with E-state index in [9.17, 15) is 19.3 Å². The minimum Gasteiger partial charge on any atom is -0.454 e. The highest BCUT2D eigenvalue weighted by atomic mass is 19.1. The molecule has 0 fully saturated rings. The maximum atomic E-state index is 14.2. The molecule has 2 aromatic rings. The highest BCUT2D eigenvalue weighted by Gasteiger charge is 2.26. The summed E-state index contributed by atoms with van der Waals surface area (Å²) in [4.78, 5) is 24.9. The normalized spacial score (nSPS) is 14.6. The van der Waals surface area contributed by atoms with Gasteiger partial charge in [-0.05, 0) is 24.5 Å². The summed E-state index contributed by atoms with van der Waals surface area (Å²) in [6.45, 7) is 0.387. The fourth-order valence-corrected chi connectivity index (χ4v) is 3.39. The van der Waals surface area contributed by atoms with Crippen LogP contribution in [0.3, 0.4) is 0 Å². The van der Waals surface area contributed by atoms with Crippen LogP contribution in [0.4, 0.5) is 21.5 Å². The highest BCUT2D eigenvalue weighted by Crippen LogP contribution is 2.40. The van der Waals surface area contributed by atoms with Gasteiger partial charge in [-0.25, -0.2) is 4.39 Å². The van der Waals surface area contributed by atoms with E-state index >= 15 is 0 Å². The molecular formula is C18H16FN3O5. The van der Waals surface area contributed by atoms with E-state index in [4.69, 9.17) is 9.47 Å². The number of aryl methyl sites for hydroxylation is 1. The van der Waals surface area contributed by atoms with Crippen LogP contribution in [0.5, 0.6) is 11.5 Å². The van der Waals surface area contributed by atoms with Gasteiger partial charge in [-0.15, -0.1) is 0 Å². The zero-order chi connectivity index (χ0) is 19.0. The molecule has 2 aliphatic heterocycles. The molecule has 0 atom stereocenters. The molecule has 0 aliphatic carbocycles. The van der Waals surface area contributed by atoms with E-state index in [0.29, 0.717) is 18.0 Å². The maximum absolute atomic E-state index is 14.2. The first-order chi connectivity index (χ1) is 13.0. The van der Waals surface area contributed by atoms with Gasteiger partial charge in [0.2, 0.25) is 12.7 Å². The van der Waals surface area contributed by atoms with E-state index in [2.05, 4.69) is 5.32 Å². The lowest BCUT2D eigenvalue weighted by molar-refractivity contribution is -0.384. The molecule has 1 amide bonds. The van der Waals surface area contributed by atoms with Crippen molar-refractivity contribution in [3.05, 3.63) is 51.8 Å². The number of carbonyl (C=O) groups excluding carboxylic acids is 1. The average molecular weight is 373 g/mol. The highest BCUT2D eigenvalue weighted by molar-refractivity contribution is 5.96. The molecule has 8 nitrogen and oxygen atoms in total. The number of nitrogens with zero attached hydrogens (tertiary/aromatic N) is 2. The van der Waals surface area contributed by atoms with E-state index in [0.717, 1.165) is 18.4 Å². The van der Waals surface area contributed by atoms with Gasteiger partial charge >= 0.3 is 0 Å². The second-order valence-corrected chi connectivity index (χ2v) is 6.30. The van der Waals surface area contributed by atoms with Crippen LogP contribution in [0.25, 0.3) is 0 Å². The first-order valence-corrected chi connectivity index (χ1v) is 8.43. The van der Waals surface area contributed by atoms with Crippen molar-refractivity contribution in [3.8, 4) is 11.5 Å². The van der Waals surface area contributed by atoms with Gasteiger partial charge in [0, 0.05) is 12.6 Å². The molecule has 0 saturated heterocycles. The average Bonchev–Trinajstić information content (AvgIpc) is 3.08. The van der Waals surface area contributed by atoms with Gasteiger partial charge in [-0.2, -0.15) is 0 Å². The van der Waals surface area contributed by atoms with Crippen LogP contribution in [-0.4, -0.2) is 30.7 Å². The van der Waals surface area contributed by atoms with Gasteiger partial charge in [0.15, 0.2) is 11.5 Å². The molecule has 4 rings (SSSR count). The number of hydrogen-bond donors (Lipinski definition) is 1. The van der Waals surface area contributed by atoms with Crippen molar-refractivity contribution in [1.29, 1.82) is 0 Å². The SMILES string of the molecule is O=C(CN1CCCc2cccc(F)c21)Nc1cc2c(cc1[N+](=O)[O-])OCO2. The fourth-order valence-electron chi connectivity index (χ4n) is 3.39. The summed E-state index contributed by atoms with van der Waals surface area (Å²) >= 11 is 0. The molecule has 2 aliphatic rings. The minimum absolute atomic E-state index is 0.0139. The first kappa shape index (κ1) is 17.1. The number of nitrogens with one attached hydrogen (secondary N) is 1. The molecule has 1 N–H and O–H groups in total. The van der Waals surface area contributed by atoms with E-state index in [1.54, 1.807) is 11.0 Å². The summed E-state index contributed by atoms with van der Waals surface area (Å²) in [7, 11) is 0. The number of ether oxygens (including phenoxy) is 2. The number of hydrogen-bond acceptors (Lipinski definition) is 6. The number of amides is 1. The second kappa shape index (κ2) is 6.75. The number of fused-ring (bicyclic) bond motifs is 2. The zero-order valence-electron chi connectivity index (χ0n) is 14.2. The number of nitro benzene ring substituents is 1. The zero-order valence-corrected chi connectivity index (χ0v) is 14.2. The molecule has 2 heterocycles. The van der Waals surface area contributed by atoms with E-state index in [1.165, 1.54) is 18.2 Å². The lowest BCUT2D eigenvalue weighted by atomic mass is 10.0. The van der Waals surface area contributed by atoms with Gasteiger partial charge in [0.25, 0.3) is 5.69 Å². The van der Waals surface area contributed by atoms with Crippen LogP contribution in [0.1, 0.15) is 12.0 Å². The monoisotopic (exact) mass is 373 g/mol. The van der Waals surface area contributed by atoms with Crippen molar-refractivity contribution < 1.29 is 23.6 Å². The Morgan fingerprint density at radius 1 is 1.30 bits per heavy atom. The molecule has 0 spiro atoms. The molecule has 0 saturated carbocycles. The standard InChI is InChI=1S/C18H16FN3O5/c19-12-5-1-3-11-4-2-6-21(18(11)12)9-17(23)20-13-7-15-16(27-10-26-15)8-14(13)22(24)25/h1,3,5,7-8H,2,4,6,9-10H2,(H,20,23). The Bertz CT molecular complexity index is 933. The summed E-state index contributed by atoms with van der Waals surface area (Å²) < 4.78 is 24.6. The van der Waals surface area contributed by atoms with Gasteiger partial charge in [-0.3, -0.25) is 14.9 Å².